The fraction of sp³-hybridized carbons (Fsp3) is 0.769. The van der Waals surface area contributed by atoms with Crippen LogP contribution in [-0.2, 0) is 28.5 Å². The summed E-state index contributed by atoms with van der Waals surface area (Å²) in [5, 5.41) is 8.84. The van der Waals surface area contributed by atoms with Gasteiger partial charge in [-0.05, 0) is 6.92 Å². The van der Waals surface area contributed by atoms with E-state index in [1.165, 1.54) is 13.8 Å². The quantitative estimate of drug-likeness (QED) is 0.693. The summed E-state index contributed by atoms with van der Waals surface area (Å²) < 4.78 is 21.3. The number of nitriles is 1. The Bertz CT molecular complexity index is 391. The average molecular weight is 285 g/mol. The summed E-state index contributed by atoms with van der Waals surface area (Å²) in [5.41, 5.74) is 0. The molecule has 1 fully saturated rings. The van der Waals surface area contributed by atoms with E-state index < -0.39 is 36.5 Å². The van der Waals surface area contributed by atoms with Gasteiger partial charge in [0.25, 0.3) is 0 Å². The van der Waals surface area contributed by atoms with Gasteiger partial charge in [-0.2, -0.15) is 5.26 Å². The molecule has 0 aliphatic carbocycles. The molecule has 0 aromatic heterocycles. The lowest BCUT2D eigenvalue weighted by molar-refractivity contribution is -0.257. The van der Waals surface area contributed by atoms with E-state index in [1.807, 2.05) is 13.0 Å². The van der Waals surface area contributed by atoms with E-state index in [1.54, 1.807) is 0 Å². The molecular weight excluding hydrogens is 266 g/mol. The first kappa shape index (κ1) is 16.4. The minimum atomic E-state index is -0.798. The fourth-order valence-electron chi connectivity index (χ4n) is 2.11. The molecule has 0 spiro atoms. The van der Waals surface area contributed by atoms with Crippen molar-refractivity contribution in [3.05, 3.63) is 0 Å². The average Bonchev–Trinajstić information content (AvgIpc) is 2.33. The molecule has 0 N–H and O–H groups in total. The van der Waals surface area contributed by atoms with Gasteiger partial charge in [0.15, 0.2) is 12.4 Å². The van der Waals surface area contributed by atoms with Crippen molar-refractivity contribution in [2.45, 2.75) is 58.2 Å². The Balaban J connectivity index is 2.88. The SMILES string of the molecule is CCO[C@@H]1C[C@@H](OC(C)=O)[C@H](OC(C)=O)[C@@H](CC#N)O1. The molecule has 1 heterocycles. The Kier molecular flexibility index (Phi) is 6.42. The largest absolute Gasteiger partial charge is 0.458 e. The van der Waals surface area contributed by atoms with Crippen LogP contribution in [0.4, 0.5) is 0 Å². The summed E-state index contributed by atoms with van der Waals surface area (Å²) in [6.07, 6.45) is -2.48. The molecule has 0 aromatic rings. The molecule has 4 atom stereocenters. The standard InChI is InChI=1S/C13H19NO6/c1-4-17-12-7-11(18-8(2)15)13(19-9(3)16)10(20-12)5-6-14/h10-13H,4-5,7H2,1-3H3/t10-,11-,12+,13-/m1/s1. The van der Waals surface area contributed by atoms with Crippen molar-refractivity contribution in [3.8, 4) is 6.07 Å². The third-order valence-corrected chi connectivity index (χ3v) is 2.75. The van der Waals surface area contributed by atoms with Gasteiger partial charge >= 0.3 is 11.9 Å². The third-order valence-electron chi connectivity index (χ3n) is 2.75. The van der Waals surface area contributed by atoms with E-state index >= 15 is 0 Å². The van der Waals surface area contributed by atoms with Crippen LogP contribution >= 0.6 is 0 Å². The monoisotopic (exact) mass is 285 g/mol. The molecule has 0 bridgehead atoms. The maximum atomic E-state index is 11.2. The Hall–Kier alpha value is -1.65. The molecule has 0 aromatic carbocycles. The smallest absolute Gasteiger partial charge is 0.303 e. The maximum absolute atomic E-state index is 11.2. The highest BCUT2D eigenvalue weighted by atomic mass is 16.7. The number of ether oxygens (including phenoxy) is 4. The van der Waals surface area contributed by atoms with Gasteiger partial charge < -0.3 is 18.9 Å². The first-order valence-corrected chi connectivity index (χ1v) is 6.46. The van der Waals surface area contributed by atoms with E-state index in [2.05, 4.69) is 0 Å². The first-order chi connectivity index (χ1) is 9.47. The number of rotatable bonds is 5. The number of nitrogens with zero attached hydrogens (tertiary/aromatic N) is 1. The van der Waals surface area contributed by atoms with Gasteiger partial charge in [-0.25, -0.2) is 0 Å². The lowest BCUT2D eigenvalue weighted by atomic mass is 9.99. The number of carbonyl (C=O) groups is 2. The van der Waals surface area contributed by atoms with Crippen LogP contribution in [0.25, 0.3) is 0 Å². The van der Waals surface area contributed by atoms with Gasteiger partial charge in [0.2, 0.25) is 0 Å². The Morgan fingerprint density at radius 3 is 2.45 bits per heavy atom. The second kappa shape index (κ2) is 7.82. The van der Waals surface area contributed by atoms with E-state index in [4.69, 9.17) is 24.2 Å². The molecular formula is C13H19NO6. The van der Waals surface area contributed by atoms with E-state index in [-0.39, 0.29) is 12.8 Å². The zero-order valence-corrected chi connectivity index (χ0v) is 11.8. The first-order valence-electron chi connectivity index (χ1n) is 6.46. The van der Waals surface area contributed by atoms with Crippen LogP contribution in [0.5, 0.6) is 0 Å². The molecule has 20 heavy (non-hydrogen) atoms. The second-order valence-corrected chi connectivity index (χ2v) is 4.38. The number of hydrogen-bond acceptors (Lipinski definition) is 7. The van der Waals surface area contributed by atoms with Crippen molar-refractivity contribution in [1.29, 1.82) is 5.26 Å². The summed E-state index contributed by atoms with van der Waals surface area (Å²) >= 11 is 0. The van der Waals surface area contributed by atoms with Crippen molar-refractivity contribution in [2.24, 2.45) is 0 Å². The summed E-state index contributed by atoms with van der Waals surface area (Å²) in [5.74, 6) is -1.01. The molecule has 1 aliphatic rings. The lowest BCUT2D eigenvalue weighted by Gasteiger charge is -2.39. The zero-order valence-electron chi connectivity index (χ0n) is 11.8. The van der Waals surface area contributed by atoms with Gasteiger partial charge in [0.1, 0.15) is 12.2 Å². The Morgan fingerprint density at radius 1 is 1.30 bits per heavy atom. The predicted molar refractivity (Wildman–Crippen MR) is 66.2 cm³/mol. The van der Waals surface area contributed by atoms with Gasteiger partial charge in [-0.3, -0.25) is 9.59 Å². The van der Waals surface area contributed by atoms with Gasteiger partial charge in [0, 0.05) is 26.9 Å². The molecule has 0 amide bonds. The van der Waals surface area contributed by atoms with Crippen LogP contribution in [0.1, 0.15) is 33.6 Å². The highest BCUT2D eigenvalue weighted by molar-refractivity contribution is 5.67. The lowest BCUT2D eigenvalue weighted by Crippen LogP contribution is -2.52. The Labute approximate surface area is 117 Å². The van der Waals surface area contributed by atoms with E-state index in [0.717, 1.165) is 0 Å². The summed E-state index contributed by atoms with van der Waals surface area (Å²) in [6, 6.07) is 1.96. The van der Waals surface area contributed by atoms with Crippen molar-refractivity contribution >= 4 is 11.9 Å². The third kappa shape index (κ3) is 4.79. The van der Waals surface area contributed by atoms with Crippen molar-refractivity contribution in [1.82, 2.24) is 0 Å². The predicted octanol–water partition coefficient (Wildman–Crippen LogP) is 0.915. The van der Waals surface area contributed by atoms with E-state index in [9.17, 15) is 9.59 Å². The van der Waals surface area contributed by atoms with Crippen molar-refractivity contribution in [2.75, 3.05) is 6.61 Å². The molecule has 0 saturated carbocycles. The maximum Gasteiger partial charge on any atom is 0.303 e. The van der Waals surface area contributed by atoms with Crippen LogP contribution in [0, 0.1) is 11.3 Å². The van der Waals surface area contributed by atoms with E-state index in [0.29, 0.717) is 6.61 Å². The minimum absolute atomic E-state index is 0.0132. The molecule has 0 unspecified atom stereocenters. The van der Waals surface area contributed by atoms with Crippen molar-refractivity contribution in [3.63, 3.8) is 0 Å². The van der Waals surface area contributed by atoms with Crippen molar-refractivity contribution < 1.29 is 28.5 Å². The molecule has 112 valence electrons. The van der Waals surface area contributed by atoms with Gasteiger partial charge in [0.05, 0.1) is 12.5 Å². The molecule has 7 heteroatoms. The normalized spacial score (nSPS) is 29.3. The Morgan fingerprint density at radius 2 is 1.95 bits per heavy atom. The molecule has 1 aliphatic heterocycles. The van der Waals surface area contributed by atoms with Crippen LogP contribution in [0.3, 0.4) is 0 Å². The molecule has 1 saturated heterocycles. The minimum Gasteiger partial charge on any atom is -0.458 e. The van der Waals surface area contributed by atoms with Gasteiger partial charge in [-0.15, -0.1) is 0 Å². The second-order valence-electron chi connectivity index (χ2n) is 4.38. The number of esters is 2. The highest BCUT2D eigenvalue weighted by Gasteiger charge is 2.43. The summed E-state index contributed by atoms with van der Waals surface area (Å²) in [7, 11) is 0. The topological polar surface area (TPSA) is 94.9 Å². The van der Waals surface area contributed by atoms with Crippen LogP contribution < -0.4 is 0 Å². The number of hydrogen-bond donors (Lipinski definition) is 0. The van der Waals surface area contributed by atoms with Gasteiger partial charge in [-0.1, -0.05) is 0 Å². The number of carbonyl (C=O) groups excluding carboxylic acids is 2. The van der Waals surface area contributed by atoms with Crippen LogP contribution in [0.15, 0.2) is 0 Å². The summed E-state index contributed by atoms with van der Waals surface area (Å²) in [4.78, 5) is 22.3. The fourth-order valence-corrected chi connectivity index (χ4v) is 2.11. The molecule has 0 radical (unpaired) electrons. The zero-order chi connectivity index (χ0) is 15.1. The van der Waals surface area contributed by atoms with Crippen LogP contribution in [0.2, 0.25) is 0 Å². The molecule has 7 nitrogen and oxygen atoms in total. The molecule has 1 rings (SSSR count). The highest BCUT2D eigenvalue weighted by Crippen LogP contribution is 2.28. The van der Waals surface area contributed by atoms with Crippen LogP contribution in [-0.4, -0.2) is 43.1 Å². The summed E-state index contributed by atoms with van der Waals surface area (Å²) in [6.45, 7) is 4.76.